The molecule has 0 aliphatic heterocycles. The Bertz CT molecular complexity index is 333. The molecule has 0 radical (unpaired) electrons. The number of hydrogen-bond acceptors (Lipinski definition) is 1. The van der Waals surface area contributed by atoms with Crippen molar-refractivity contribution in [3.8, 4) is 0 Å². The van der Waals surface area contributed by atoms with Crippen LogP contribution in [0.3, 0.4) is 0 Å². The second-order valence-electron chi connectivity index (χ2n) is 7.25. The van der Waals surface area contributed by atoms with Crippen molar-refractivity contribution in [2.24, 2.45) is 16.2 Å². The maximum Gasteiger partial charge on any atom is 0.0989 e. The fourth-order valence-corrected chi connectivity index (χ4v) is 2.06. The lowest BCUT2D eigenvalue weighted by atomic mass is 9.60. The second kappa shape index (κ2) is 3.65. The number of rotatable bonds is 0. The van der Waals surface area contributed by atoms with Crippen molar-refractivity contribution < 1.29 is 5.11 Å². The molecule has 0 bridgehead atoms. The van der Waals surface area contributed by atoms with Crippen LogP contribution in [-0.4, -0.2) is 5.11 Å². The number of allylic oxidation sites excluding steroid dienone is 4. The molecule has 1 N–H and O–H groups in total. The lowest BCUT2D eigenvalue weighted by molar-refractivity contribution is 0.0857. The molecular formula is C15H26O. The molecule has 0 aromatic rings. The lowest BCUT2D eigenvalue weighted by Crippen LogP contribution is -2.37. The van der Waals surface area contributed by atoms with Gasteiger partial charge in [0.05, 0.1) is 5.76 Å². The van der Waals surface area contributed by atoms with E-state index in [9.17, 15) is 5.11 Å². The SMILES string of the molecule is CC(C)(C)C1=CC=C(O)C(C)(C(C)(C)C)C1. The molecule has 1 nitrogen and oxygen atoms in total. The van der Waals surface area contributed by atoms with Crippen LogP contribution in [0.4, 0.5) is 0 Å². The summed E-state index contributed by atoms with van der Waals surface area (Å²) in [5.74, 6) is 0.521. The Balaban J connectivity index is 3.15. The summed E-state index contributed by atoms with van der Waals surface area (Å²) in [5.41, 5.74) is 1.52. The molecule has 0 saturated carbocycles. The fraction of sp³-hybridized carbons (Fsp3) is 0.733. The van der Waals surface area contributed by atoms with E-state index in [2.05, 4.69) is 54.5 Å². The van der Waals surface area contributed by atoms with Crippen molar-refractivity contribution in [2.75, 3.05) is 0 Å². The van der Waals surface area contributed by atoms with Crippen LogP contribution in [0, 0.1) is 16.2 Å². The molecule has 1 aliphatic carbocycles. The van der Waals surface area contributed by atoms with Crippen molar-refractivity contribution in [1.29, 1.82) is 0 Å². The minimum Gasteiger partial charge on any atom is -0.512 e. The van der Waals surface area contributed by atoms with E-state index in [0.29, 0.717) is 5.76 Å². The molecule has 0 aromatic carbocycles. The van der Waals surface area contributed by atoms with Gasteiger partial charge in [0.1, 0.15) is 0 Å². The first-order chi connectivity index (χ1) is 6.98. The summed E-state index contributed by atoms with van der Waals surface area (Å²) in [4.78, 5) is 0. The Morgan fingerprint density at radius 1 is 1.06 bits per heavy atom. The molecule has 16 heavy (non-hydrogen) atoms. The summed E-state index contributed by atoms with van der Waals surface area (Å²) in [6.07, 6.45) is 4.92. The molecule has 0 saturated heterocycles. The molecule has 1 atom stereocenters. The van der Waals surface area contributed by atoms with Gasteiger partial charge in [-0.2, -0.15) is 0 Å². The third-order valence-corrected chi connectivity index (χ3v) is 4.17. The van der Waals surface area contributed by atoms with Crippen LogP contribution in [-0.2, 0) is 0 Å². The Morgan fingerprint density at radius 2 is 1.56 bits per heavy atom. The maximum absolute atomic E-state index is 10.2. The maximum atomic E-state index is 10.2. The van der Waals surface area contributed by atoms with E-state index < -0.39 is 0 Å². The first-order valence-corrected chi connectivity index (χ1v) is 6.09. The monoisotopic (exact) mass is 222 g/mol. The summed E-state index contributed by atoms with van der Waals surface area (Å²) in [6, 6.07) is 0. The summed E-state index contributed by atoms with van der Waals surface area (Å²) >= 11 is 0. The van der Waals surface area contributed by atoms with Gasteiger partial charge in [-0.25, -0.2) is 0 Å². The predicted molar refractivity (Wildman–Crippen MR) is 70.4 cm³/mol. The zero-order chi connectivity index (χ0) is 12.8. The number of aliphatic hydroxyl groups excluding tert-OH is 1. The van der Waals surface area contributed by atoms with Gasteiger partial charge in [-0.1, -0.05) is 60.1 Å². The normalized spacial score (nSPS) is 27.4. The number of aliphatic hydroxyl groups is 1. The van der Waals surface area contributed by atoms with Gasteiger partial charge in [-0.15, -0.1) is 0 Å². The largest absolute Gasteiger partial charge is 0.512 e. The van der Waals surface area contributed by atoms with E-state index in [1.165, 1.54) is 5.57 Å². The smallest absolute Gasteiger partial charge is 0.0989 e. The second-order valence-corrected chi connectivity index (χ2v) is 7.25. The molecule has 1 rings (SSSR count). The Kier molecular flexibility index (Phi) is 3.04. The van der Waals surface area contributed by atoms with E-state index >= 15 is 0 Å². The summed E-state index contributed by atoms with van der Waals surface area (Å²) in [7, 11) is 0. The zero-order valence-electron chi connectivity index (χ0n) is 11.8. The van der Waals surface area contributed by atoms with E-state index in [1.54, 1.807) is 0 Å². The van der Waals surface area contributed by atoms with Gasteiger partial charge in [0.25, 0.3) is 0 Å². The number of hydrogen-bond donors (Lipinski definition) is 1. The average molecular weight is 222 g/mol. The lowest BCUT2D eigenvalue weighted by Gasteiger charge is -2.45. The van der Waals surface area contributed by atoms with Crippen LogP contribution in [0.5, 0.6) is 0 Å². The van der Waals surface area contributed by atoms with Gasteiger partial charge in [0, 0.05) is 5.41 Å². The molecule has 92 valence electrons. The summed E-state index contributed by atoms with van der Waals surface area (Å²) in [6.45, 7) is 15.5. The van der Waals surface area contributed by atoms with Gasteiger partial charge in [0.15, 0.2) is 0 Å². The molecule has 1 heteroatoms. The molecule has 0 amide bonds. The first-order valence-electron chi connectivity index (χ1n) is 6.09. The van der Waals surface area contributed by atoms with Crippen molar-refractivity contribution in [3.63, 3.8) is 0 Å². The van der Waals surface area contributed by atoms with Crippen LogP contribution >= 0.6 is 0 Å². The van der Waals surface area contributed by atoms with E-state index in [4.69, 9.17) is 0 Å². The van der Waals surface area contributed by atoms with Gasteiger partial charge in [0.2, 0.25) is 0 Å². The molecule has 1 unspecified atom stereocenters. The Hall–Kier alpha value is -0.720. The van der Waals surface area contributed by atoms with Crippen molar-refractivity contribution in [3.05, 3.63) is 23.5 Å². The van der Waals surface area contributed by atoms with Crippen LogP contribution < -0.4 is 0 Å². The van der Waals surface area contributed by atoms with Crippen molar-refractivity contribution >= 4 is 0 Å². The molecular weight excluding hydrogens is 196 g/mol. The van der Waals surface area contributed by atoms with E-state index in [1.807, 2.05) is 6.08 Å². The average Bonchev–Trinajstić information content (AvgIpc) is 2.06. The highest BCUT2D eigenvalue weighted by atomic mass is 16.3. The first kappa shape index (κ1) is 13.3. The van der Waals surface area contributed by atoms with Crippen LogP contribution in [0.25, 0.3) is 0 Å². The van der Waals surface area contributed by atoms with Crippen LogP contribution in [0.2, 0.25) is 0 Å². The third-order valence-electron chi connectivity index (χ3n) is 4.17. The molecule has 0 spiro atoms. The molecule has 0 aromatic heterocycles. The van der Waals surface area contributed by atoms with Gasteiger partial charge in [-0.3, -0.25) is 0 Å². The van der Waals surface area contributed by atoms with Crippen LogP contribution in [0.15, 0.2) is 23.5 Å². The minimum atomic E-state index is -0.148. The zero-order valence-corrected chi connectivity index (χ0v) is 11.8. The van der Waals surface area contributed by atoms with Gasteiger partial charge in [-0.05, 0) is 23.3 Å². The van der Waals surface area contributed by atoms with Crippen molar-refractivity contribution in [2.45, 2.75) is 54.9 Å². The molecule has 1 aliphatic rings. The Labute approximate surface area is 100 Å². The highest BCUT2D eigenvalue weighted by Gasteiger charge is 2.44. The Morgan fingerprint density at radius 3 is 1.94 bits per heavy atom. The van der Waals surface area contributed by atoms with E-state index in [-0.39, 0.29) is 16.2 Å². The topological polar surface area (TPSA) is 20.2 Å². The fourth-order valence-electron chi connectivity index (χ4n) is 2.06. The van der Waals surface area contributed by atoms with Gasteiger partial charge < -0.3 is 5.11 Å². The highest BCUT2D eigenvalue weighted by molar-refractivity contribution is 5.31. The van der Waals surface area contributed by atoms with E-state index in [0.717, 1.165) is 6.42 Å². The standard InChI is InChI=1S/C15H26O/c1-13(2,3)11-8-9-12(16)15(7,10-11)14(4,5)6/h8-9,16H,10H2,1-7H3. The summed E-state index contributed by atoms with van der Waals surface area (Å²) < 4.78 is 0. The molecule has 0 fully saturated rings. The predicted octanol–water partition coefficient (Wildman–Crippen LogP) is 4.86. The third kappa shape index (κ3) is 2.18. The van der Waals surface area contributed by atoms with Gasteiger partial charge >= 0.3 is 0 Å². The quantitative estimate of drug-likeness (QED) is 0.620. The van der Waals surface area contributed by atoms with Crippen molar-refractivity contribution in [1.82, 2.24) is 0 Å². The minimum absolute atomic E-state index is 0.0678. The highest BCUT2D eigenvalue weighted by Crippen LogP contribution is 2.52. The summed E-state index contributed by atoms with van der Waals surface area (Å²) in [5, 5.41) is 10.2. The molecule has 0 heterocycles. The van der Waals surface area contributed by atoms with Crippen LogP contribution in [0.1, 0.15) is 54.9 Å².